The van der Waals surface area contributed by atoms with Crippen LogP contribution in [0.4, 0.5) is 5.95 Å². The minimum absolute atomic E-state index is 0.190. The molecule has 0 atom stereocenters. The summed E-state index contributed by atoms with van der Waals surface area (Å²) in [6, 6.07) is 0.252. The summed E-state index contributed by atoms with van der Waals surface area (Å²) in [7, 11) is 1.51. The van der Waals surface area contributed by atoms with E-state index in [4.69, 9.17) is 4.74 Å². The molecule has 1 fully saturated rings. The van der Waals surface area contributed by atoms with Gasteiger partial charge >= 0.3 is 6.01 Å². The van der Waals surface area contributed by atoms with Crippen molar-refractivity contribution in [1.29, 1.82) is 0 Å². The molecule has 0 aliphatic carbocycles. The number of nitrogens with one attached hydrogen (secondary N) is 1. The van der Waals surface area contributed by atoms with Crippen LogP contribution in [-0.4, -0.2) is 50.6 Å². The van der Waals surface area contributed by atoms with Gasteiger partial charge in [-0.3, -0.25) is 4.79 Å². The topological polar surface area (TPSA) is 106 Å². The highest BCUT2D eigenvalue weighted by atomic mass is 32.1. The number of aromatic nitrogens is 5. The van der Waals surface area contributed by atoms with Gasteiger partial charge < -0.3 is 15.0 Å². The van der Waals surface area contributed by atoms with Crippen LogP contribution in [0.15, 0.2) is 0 Å². The molecular formula is C13H17N7O2S. The zero-order chi connectivity index (χ0) is 16.2. The van der Waals surface area contributed by atoms with E-state index in [9.17, 15) is 4.79 Å². The molecule has 0 saturated carbocycles. The number of anilines is 1. The second kappa shape index (κ2) is 6.82. The van der Waals surface area contributed by atoms with Crippen molar-refractivity contribution >= 4 is 23.4 Å². The van der Waals surface area contributed by atoms with Gasteiger partial charge in [0.25, 0.3) is 5.91 Å². The van der Waals surface area contributed by atoms with Gasteiger partial charge in [0.15, 0.2) is 5.82 Å². The molecule has 1 N–H and O–H groups in total. The standard InChI is InChI=1S/C13H17N7O2S/c1-8-10(23-19-18-8)11(21)14-7-9-15-12(17-13(16-9)22-2)20-5-3-4-6-20/h3-7H2,1-2H3,(H,14,21). The van der Waals surface area contributed by atoms with Gasteiger partial charge in [-0.15, -0.1) is 5.10 Å². The summed E-state index contributed by atoms with van der Waals surface area (Å²) in [4.78, 5) is 27.6. The number of amides is 1. The molecule has 0 unspecified atom stereocenters. The average Bonchev–Trinajstić information content (AvgIpc) is 3.23. The van der Waals surface area contributed by atoms with Crippen LogP contribution in [-0.2, 0) is 6.54 Å². The Morgan fingerprint density at radius 2 is 2.09 bits per heavy atom. The van der Waals surface area contributed by atoms with E-state index in [0.29, 0.717) is 22.3 Å². The van der Waals surface area contributed by atoms with E-state index in [0.717, 1.165) is 37.5 Å². The predicted octanol–water partition coefficient (Wildman–Crippen LogP) is 0.570. The molecule has 1 saturated heterocycles. The van der Waals surface area contributed by atoms with Crippen molar-refractivity contribution in [3.05, 3.63) is 16.4 Å². The molecule has 3 rings (SSSR count). The summed E-state index contributed by atoms with van der Waals surface area (Å²) in [6.45, 7) is 3.78. The van der Waals surface area contributed by atoms with Crippen molar-refractivity contribution < 1.29 is 9.53 Å². The molecule has 1 aliphatic rings. The van der Waals surface area contributed by atoms with Crippen molar-refractivity contribution in [2.45, 2.75) is 26.3 Å². The van der Waals surface area contributed by atoms with Gasteiger partial charge in [0, 0.05) is 13.1 Å². The Balaban J connectivity index is 1.73. The average molecular weight is 335 g/mol. The van der Waals surface area contributed by atoms with Crippen molar-refractivity contribution in [2.75, 3.05) is 25.1 Å². The maximum Gasteiger partial charge on any atom is 0.321 e. The number of carbonyl (C=O) groups is 1. The molecule has 1 amide bonds. The van der Waals surface area contributed by atoms with Crippen LogP contribution >= 0.6 is 11.5 Å². The summed E-state index contributed by atoms with van der Waals surface area (Å²) in [5.74, 6) is 0.816. The Morgan fingerprint density at radius 3 is 2.74 bits per heavy atom. The first-order valence-electron chi connectivity index (χ1n) is 7.28. The fraction of sp³-hybridized carbons (Fsp3) is 0.538. The first kappa shape index (κ1) is 15.5. The SMILES string of the molecule is COc1nc(CNC(=O)c2snnc2C)nc(N2CCCC2)n1. The van der Waals surface area contributed by atoms with Crippen molar-refractivity contribution in [3.8, 4) is 6.01 Å². The Morgan fingerprint density at radius 1 is 1.30 bits per heavy atom. The van der Waals surface area contributed by atoms with Gasteiger partial charge in [-0.2, -0.15) is 15.0 Å². The molecule has 3 heterocycles. The lowest BCUT2D eigenvalue weighted by molar-refractivity contribution is 0.0953. The summed E-state index contributed by atoms with van der Waals surface area (Å²) in [5.41, 5.74) is 0.610. The maximum absolute atomic E-state index is 12.1. The molecular weight excluding hydrogens is 318 g/mol. The van der Waals surface area contributed by atoms with E-state index < -0.39 is 0 Å². The number of hydrogen-bond donors (Lipinski definition) is 1. The summed E-state index contributed by atoms with van der Waals surface area (Å²) >= 11 is 1.06. The molecule has 23 heavy (non-hydrogen) atoms. The highest BCUT2D eigenvalue weighted by molar-refractivity contribution is 7.07. The van der Waals surface area contributed by atoms with E-state index in [1.54, 1.807) is 6.92 Å². The quantitative estimate of drug-likeness (QED) is 0.845. The molecule has 9 nitrogen and oxygen atoms in total. The first-order valence-corrected chi connectivity index (χ1v) is 8.06. The van der Waals surface area contributed by atoms with E-state index in [2.05, 4.69) is 34.8 Å². The van der Waals surface area contributed by atoms with Crippen molar-refractivity contribution in [2.24, 2.45) is 0 Å². The van der Waals surface area contributed by atoms with Crippen LogP contribution in [0.3, 0.4) is 0 Å². The van der Waals surface area contributed by atoms with Gasteiger partial charge in [0.2, 0.25) is 5.95 Å². The summed E-state index contributed by atoms with van der Waals surface area (Å²) < 4.78 is 8.89. The minimum Gasteiger partial charge on any atom is -0.467 e. The lowest BCUT2D eigenvalue weighted by Crippen LogP contribution is -2.26. The van der Waals surface area contributed by atoms with E-state index in [1.165, 1.54) is 7.11 Å². The van der Waals surface area contributed by atoms with Gasteiger partial charge in [-0.05, 0) is 31.3 Å². The molecule has 0 radical (unpaired) electrons. The van der Waals surface area contributed by atoms with E-state index in [-0.39, 0.29) is 18.5 Å². The molecule has 10 heteroatoms. The van der Waals surface area contributed by atoms with Crippen molar-refractivity contribution in [3.63, 3.8) is 0 Å². The Bertz CT molecular complexity index is 699. The summed E-state index contributed by atoms with van der Waals surface area (Å²) in [5, 5.41) is 6.60. The Labute approximate surface area is 137 Å². The maximum atomic E-state index is 12.1. The molecule has 2 aromatic heterocycles. The molecule has 2 aromatic rings. The fourth-order valence-electron chi connectivity index (χ4n) is 2.29. The highest BCUT2D eigenvalue weighted by Gasteiger charge is 2.18. The number of ether oxygens (including phenoxy) is 1. The van der Waals surface area contributed by atoms with Gasteiger partial charge in [-0.1, -0.05) is 4.49 Å². The van der Waals surface area contributed by atoms with Crippen LogP contribution in [0.5, 0.6) is 6.01 Å². The summed E-state index contributed by atoms with van der Waals surface area (Å²) in [6.07, 6.45) is 2.25. The number of carbonyl (C=O) groups excluding carboxylic acids is 1. The minimum atomic E-state index is -0.236. The fourth-order valence-corrected chi connectivity index (χ4v) is 2.87. The molecule has 0 bridgehead atoms. The monoisotopic (exact) mass is 335 g/mol. The van der Waals surface area contributed by atoms with Gasteiger partial charge in [0.05, 0.1) is 19.3 Å². The van der Waals surface area contributed by atoms with Gasteiger partial charge in [-0.25, -0.2) is 0 Å². The van der Waals surface area contributed by atoms with Crippen LogP contribution in [0.25, 0.3) is 0 Å². The zero-order valence-corrected chi connectivity index (χ0v) is 13.8. The van der Waals surface area contributed by atoms with Crippen LogP contribution in [0, 0.1) is 6.92 Å². The molecule has 0 aromatic carbocycles. The number of nitrogens with zero attached hydrogens (tertiary/aromatic N) is 6. The lowest BCUT2D eigenvalue weighted by Gasteiger charge is -2.16. The Hall–Kier alpha value is -2.36. The second-order valence-electron chi connectivity index (χ2n) is 5.10. The molecule has 0 spiro atoms. The largest absolute Gasteiger partial charge is 0.467 e. The number of rotatable bonds is 5. The molecule has 1 aliphatic heterocycles. The third-order valence-electron chi connectivity index (χ3n) is 3.49. The normalized spacial score (nSPS) is 14.1. The third-order valence-corrected chi connectivity index (χ3v) is 4.31. The second-order valence-corrected chi connectivity index (χ2v) is 5.86. The predicted molar refractivity (Wildman–Crippen MR) is 83.6 cm³/mol. The lowest BCUT2D eigenvalue weighted by atomic mass is 10.4. The van der Waals surface area contributed by atoms with Crippen LogP contribution in [0.2, 0.25) is 0 Å². The first-order chi connectivity index (χ1) is 11.2. The van der Waals surface area contributed by atoms with E-state index >= 15 is 0 Å². The van der Waals surface area contributed by atoms with Crippen LogP contribution in [0.1, 0.15) is 34.0 Å². The zero-order valence-electron chi connectivity index (χ0n) is 12.9. The van der Waals surface area contributed by atoms with Crippen LogP contribution < -0.4 is 15.0 Å². The van der Waals surface area contributed by atoms with Gasteiger partial charge in [0.1, 0.15) is 4.88 Å². The third kappa shape index (κ3) is 3.52. The molecule has 122 valence electrons. The Kier molecular flexibility index (Phi) is 4.60. The number of hydrogen-bond acceptors (Lipinski definition) is 9. The van der Waals surface area contributed by atoms with E-state index in [1.807, 2.05) is 0 Å². The smallest absolute Gasteiger partial charge is 0.321 e. The van der Waals surface area contributed by atoms with Crippen molar-refractivity contribution in [1.82, 2.24) is 29.9 Å². The highest BCUT2D eigenvalue weighted by Crippen LogP contribution is 2.17. The number of methoxy groups -OCH3 is 1. The number of aryl methyl sites for hydroxylation is 1.